The molecule has 2 amide bonds. The van der Waals surface area contributed by atoms with Gasteiger partial charge in [-0.05, 0) is 18.4 Å². The zero-order valence-corrected chi connectivity index (χ0v) is 18.3. The van der Waals surface area contributed by atoms with Gasteiger partial charge in [0.2, 0.25) is 11.8 Å². The molecule has 3 aromatic rings. The van der Waals surface area contributed by atoms with Crippen molar-refractivity contribution >= 4 is 45.6 Å². The predicted octanol–water partition coefficient (Wildman–Crippen LogP) is 4.53. The van der Waals surface area contributed by atoms with Crippen molar-refractivity contribution in [2.45, 2.75) is 10.8 Å². The first-order valence-electron chi connectivity index (χ1n) is 9.44. The minimum atomic E-state index is -0.424. The van der Waals surface area contributed by atoms with Crippen molar-refractivity contribution in [3.8, 4) is 17.0 Å². The summed E-state index contributed by atoms with van der Waals surface area (Å²) in [6.07, 6.45) is 2.14. The van der Waals surface area contributed by atoms with E-state index in [0.717, 1.165) is 21.3 Å². The van der Waals surface area contributed by atoms with E-state index in [0.29, 0.717) is 17.3 Å². The monoisotopic (exact) mass is 439 g/mol. The number of thioether (sulfide) groups is 1. The zero-order valence-electron chi connectivity index (χ0n) is 16.6. The van der Waals surface area contributed by atoms with Crippen molar-refractivity contribution in [2.75, 3.05) is 30.1 Å². The highest BCUT2D eigenvalue weighted by Gasteiger charge is 2.35. The molecule has 1 atom stereocenters. The normalized spacial score (nSPS) is 16.0. The van der Waals surface area contributed by atoms with E-state index in [-0.39, 0.29) is 18.2 Å². The number of aromatic nitrogens is 1. The maximum absolute atomic E-state index is 13.0. The maximum Gasteiger partial charge on any atom is 0.230 e. The highest BCUT2D eigenvalue weighted by molar-refractivity contribution is 8.00. The number of thiazole rings is 1. The number of nitrogens with zero attached hydrogens (tertiary/aromatic N) is 2. The Morgan fingerprint density at radius 3 is 2.77 bits per heavy atom. The molecule has 0 saturated carbocycles. The fourth-order valence-corrected chi connectivity index (χ4v) is 4.88. The van der Waals surface area contributed by atoms with Crippen LogP contribution in [0.25, 0.3) is 11.3 Å². The summed E-state index contributed by atoms with van der Waals surface area (Å²) in [5, 5.41) is 3.73. The van der Waals surface area contributed by atoms with E-state index in [4.69, 9.17) is 4.74 Å². The van der Waals surface area contributed by atoms with Gasteiger partial charge < -0.3 is 15.0 Å². The van der Waals surface area contributed by atoms with Crippen LogP contribution in [0.3, 0.4) is 0 Å². The van der Waals surface area contributed by atoms with Crippen LogP contribution >= 0.6 is 23.1 Å². The number of methoxy groups -OCH3 is 1. The zero-order chi connectivity index (χ0) is 21.1. The quantitative estimate of drug-likeness (QED) is 0.571. The van der Waals surface area contributed by atoms with Crippen LogP contribution in [0.5, 0.6) is 5.75 Å². The molecule has 30 heavy (non-hydrogen) atoms. The van der Waals surface area contributed by atoms with Gasteiger partial charge in [0.25, 0.3) is 0 Å². The Morgan fingerprint density at radius 2 is 2.03 bits per heavy atom. The minimum absolute atomic E-state index is 0.0687. The largest absolute Gasteiger partial charge is 0.497 e. The summed E-state index contributed by atoms with van der Waals surface area (Å²) in [6.45, 7) is 0.340. The van der Waals surface area contributed by atoms with Gasteiger partial charge in [-0.25, -0.2) is 4.98 Å². The third-order valence-electron chi connectivity index (χ3n) is 4.93. The number of hydrogen-bond acceptors (Lipinski definition) is 6. The van der Waals surface area contributed by atoms with Crippen LogP contribution < -0.4 is 15.0 Å². The summed E-state index contributed by atoms with van der Waals surface area (Å²) in [6, 6.07) is 17.1. The lowest BCUT2D eigenvalue weighted by Crippen LogP contribution is -2.28. The average Bonchev–Trinajstić information content (AvgIpc) is 3.38. The molecule has 0 spiro atoms. The predicted molar refractivity (Wildman–Crippen MR) is 121 cm³/mol. The third kappa shape index (κ3) is 4.20. The van der Waals surface area contributed by atoms with Crippen LogP contribution in [0.15, 0.2) is 58.9 Å². The maximum atomic E-state index is 13.0. The molecule has 1 aliphatic heterocycles. The summed E-state index contributed by atoms with van der Waals surface area (Å²) in [5.41, 5.74) is 2.44. The van der Waals surface area contributed by atoms with Gasteiger partial charge >= 0.3 is 0 Å². The highest BCUT2D eigenvalue weighted by atomic mass is 32.2. The molecule has 0 aliphatic carbocycles. The van der Waals surface area contributed by atoms with E-state index in [1.807, 2.05) is 54.8 Å². The molecule has 154 valence electrons. The Morgan fingerprint density at radius 1 is 1.23 bits per heavy atom. The summed E-state index contributed by atoms with van der Waals surface area (Å²) < 4.78 is 6.13. The van der Waals surface area contributed by atoms with Gasteiger partial charge in [0, 0.05) is 30.3 Å². The lowest BCUT2D eigenvalue weighted by atomic mass is 10.1. The van der Waals surface area contributed by atoms with Crippen LogP contribution in [0.2, 0.25) is 0 Å². The molecule has 2 aromatic carbocycles. The van der Waals surface area contributed by atoms with Crippen LogP contribution in [-0.4, -0.2) is 36.7 Å². The molecule has 1 saturated heterocycles. The molecule has 1 unspecified atom stereocenters. The Kier molecular flexibility index (Phi) is 6.06. The SMILES string of the molecule is COc1cccc(N2CC(C(=O)Nc3sc(SC)nc3-c3ccccc3)CC2=O)c1. The van der Waals surface area contributed by atoms with Crippen molar-refractivity contribution in [1.82, 2.24) is 4.98 Å². The van der Waals surface area contributed by atoms with Gasteiger partial charge in [0.1, 0.15) is 16.4 Å². The number of amides is 2. The van der Waals surface area contributed by atoms with E-state index in [2.05, 4.69) is 10.3 Å². The van der Waals surface area contributed by atoms with E-state index in [9.17, 15) is 9.59 Å². The number of carbonyl (C=O) groups excluding carboxylic acids is 2. The smallest absolute Gasteiger partial charge is 0.230 e. The van der Waals surface area contributed by atoms with Crippen molar-refractivity contribution < 1.29 is 14.3 Å². The van der Waals surface area contributed by atoms with E-state index >= 15 is 0 Å². The van der Waals surface area contributed by atoms with E-state index in [1.54, 1.807) is 29.8 Å². The lowest BCUT2D eigenvalue weighted by Gasteiger charge is -2.17. The second kappa shape index (κ2) is 8.89. The van der Waals surface area contributed by atoms with Crippen LogP contribution in [-0.2, 0) is 9.59 Å². The van der Waals surface area contributed by atoms with Gasteiger partial charge in [0.15, 0.2) is 4.34 Å². The molecule has 4 rings (SSSR count). The molecule has 2 heterocycles. The van der Waals surface area contributed by atoms with Crippen molar-refractivity contribution in [2.24, 2.45) is 5.92 Å². The minimum Gasteiger partial charge on any atom is -0.497 e. The molecule has 8 heteroatoms. The first kappa shape index (κ1) is 20.4. The van der Waals surface area contributed by atoms with Gasteiger partial charge in [0.05, 0.1) is 13.0 Å². The molecule has 1 fully saturated rings. The number of anilines is 2. The summed E-state index contributed by atoms with van der Waals surface area (Å²) in [4.78, 5) is 31.9. The Labute approximate surface area is 183 Å². The van der Waals surface area contributed by atoms with Crippen molar-refractivity contribution in [1.29, 1.82) is 0 Å². The first-order valence-corrected chi connectivity index (χ1v) is 11.5. The number of ether oxygens (including phenoxy) is 1. The van der Waals surface area contributed by atoms with Crippen LogP contribution in [0.4, 0.5) is 10.7 Å². The molecule has 0 bridgehead atoms. The second-order valence-electron chi connectivity index (χ2n) is 6.82. The number of nitrogens with one attached hydrogen (secondary N) is 1. The van der Waals surface area contributed by atoms with Crippen LogP contribution in [0, 0.1) is 5.92 Å². The average molecular weight is 440 g/mol. The summed E-state index contributed by atoms with van der Waals surface area (Å²) >= 11 is 2.99. The highest BCUT2D eigenvalue weighted by Crippen LogP contribution is 2.37. The van der Waals surface area contributed by atoms with Crippen molar-refractivity contribution in [3.63, 3.8) is 0 Å². The molecular formula is C22H21N3O3S2. The standard InChI is InChI=1S/C22H21N3O3S2/c1-28-17-10-6-9-16(12-17)25-13-15(11-18(25)26)20(27)24-21-19(23-22(29-2)30-21)14-7-4-3-5-8-14/h3-10,12,15H,11,13H2,1-2H3,(H,24,27). The van der Waals surface area contributed by atoms with Gasteiger partial charge in [-0.3, -0.25) is 9.59 Å². The molecule has 6 nitrogen and oxygen atoms in total. The number of hydrogen-bond donors (Lipinski definition) is 1. The van der Waals surface area contributed by atoms with Crippen molar-refractivity contribution in [3.05, 3.63) is 54.6 Å². The van der Waals surface area contributed by atoms with Gasteiger partial charge in [-0.2, -0.15) is 0 Å². The Bertz CT molecular complexity index is 1070. The molecule has 1 aliphatic rings. The summed E-state index contributed by atoms with van der Waals surface area (Å²) in [5.74, 6) is 0.0186. The number of benzene rings is 2. The fraction of sp³-hybridized carbons (Fsp3) is 0.227. The number of rotatable bonds is 6. The van der Waals surface area contributed by atoms with E-state index in [1.165, 1.54) is 11.3 Å². The Balaban J connectivity index is 1.52. The van der Waals surface area contributed by atoms with Gasteiger partial charge in [-0.15, -0.1) is 0 Å². The fourth-order valence-electron chi connectivity index (χ4n) is 3.39. The Hall–Kier alpha value is -2.84. The number of carbonyl (C=O) groups is 2. The second-order valence-corrected chi connectivity index (χ2v) is 8.88. The molecule has 1 N–H and O–H groups in total. The lowest BCUT2D eigenvalue weighted by molar-refractivity contribution is -0.122. The topological polar surface area (TPSA) is 71.5 Å². The molecular weight excluding hydrogens is 418 g/mol. The van der Waals surface area contributed by atoms with Gasteiger partial charge in [-0.1, -0.05) is 59.5 Å². The van der Waals surface area contributed by atoms with E-state index < -0.39 is 5.92 Å². The summed E-state index contributed by atoms with van der Waals surface area (Å²) in [7, 11) is 1.59. The molecule has 0 radical (unpaired) electrons. The first-order chi connectivity index (χ1) is 14.6. The molecule has 1 aromatic heterocycles. The third-order valence-corrected chi connectivity index (χ3v) is 6.88. The van der Waals surface area contributed by atoms with Crippen LogP contribution in [0.1, 0.15) is 6.42 Å².